The largest absolute Gasteiger partial charge is 0.308 e. The smallest absolute Gasteiger partial charge is 0.0252 e. The first-order chi connectivity index (χ1) is 6.83. The fourth-order valence-electron chi connectivity index (χ4n) is 2.10. The summed E-state index contributed by atoms with van der Waals surface area (Å²) in [5.74, 6) is 0. The molecule has 0 radical (unpaired) electrons. The summed E-state index contributed by atoms with van der Waals surface area (Å²) in [6.45, 7) is 4.55. The molecule has 0 saturated carbocycles. The van der Waals surface area contributed by atoms with E-state index in [9.17, 15) is 0 Å². The van der Waals surface area contributed by atoms with Gasteiger partial charge in [0.1, 0.15) is 0 Å². The molecule has 0 spiro atoms. The third kappa shape index (κ3) is 4.80. The van der Waals surface area contributed by atoms with Gasteiger partial charge in [0.2, 0.25) is 0 Å². The average molecular weight is 195 g/mol. The van der Waals surface area contributed by atoms with Crippen molar-refractivity contribution in [2.75, 3.05) is 0 Å². The summed E-state index contributed by atoms with van der Waals surface area (Å²) in [5, 5.41) is 3.62. The van der Waals surface area contributed by atoms with Crippen LogP contribution in [0, 0.1) is 0 Å². The van der Waals surface area contributed by atoms with Gasteiger partial charge in [-0.2, -0.15) is 0 Å². The zero-order valence-electron chi connectivity index (χ0n) is 9.76. The monoisotopic (exact) mass is 195 g/mol. The molecule has 1 aliphatic heterocycles. The van der Waals surface area contributed by atoms with E-state index in [1.54, 1.807) is 0 Å². The van der Waals surface area contributed by atoms with E-state index < -0.39 is 0 Å². The second-order valence-corrected chi connectivity index (χ2v) is 4.53. The zero-order valence-corrected chi connectivity index (χ0v) is 9.76. The molecule has 1 aliphatic rings. The number of hydrogen-bond donors (Lipinski definition) is 1. The van der Waals surface area contributed by atoms with Gasteiger partial charge < -0.3 is 5.32 Å². The molecule has 0 aliphatic carbocycles. The predicted molar refractivity (Wildman–Crippen MR) is 63.5 cm³/mol. The highest BCUT2D eigenvalue weighted by Gasteiger charge is 2.14. The van der Waals surface area contributed by atoms with Crippen molar-refractivity contribution in [3.05, 3.63) is 12.2 Å². The molecule has 1 nitrogen and oxygen atoms in total. The number of piperidine rings is 1. The molecule has 0 aromatic carbocycles. The highest BCUT2D eigenvalue weighted by atomic mass is 14.9. The van der Waals surface area contributed by atoms with Gasteiger partial charge in [-0.1, -0.05) is 38.3 Å². The first-order valence-corrected chi connectivity index (χ1v) is 6.25. The van der Waals surface area contributed by atoms with Crippen LogP contribution < -0.4 is 5.32 Å². The molecule has 1 heterocycles. The standard InChI is InChI=1S/C13H25N/c1-3-4-5-6-7-10-13-11-8-9-12(2)14-13/h7,10,12-14H,3-6,8-9,11H2,1-2H3/t12-,13-/m0/s1. The molecule has 1 fully saturated rings. The molecule has 0 aromatic heterocycles. The summed E-state index contributed by atoms with van der Waals surface area (Å²) in [4.78, 5) is 0. The topological polar surface area (TPSA) is 12.0 Å². The fourth-order valence-corrected chi connectivity index (χ4v) is 2.10. The molecule has 0 aromatic rings. The van der Waals surface area contributed by atoms with Crippen LogP contribution in [0.5, 0.6) is 0 Å². The van der Waals surface area contributed by atoms with Crippen LogP contribution in [-0.4, -0.2) is 12.1 Å². The summed E-state index contributed by atoms with van der Waals surface area (Å²) in [5.41, 5.74) is 0. The molecule has 1 rings (SSSR count). The van der Waals surface area contributed by atoms with Gasteiger partial charge in [0.05, 0.1) is 0 Å². The van der Waals surface area contributed by atoms with E-state index in [0.717, 1.165) is 0 Å². The molecule has 1 N–H and O–H groups in total. The second kappa shape index (κ2) is 7.05. The van der Waals surface area contributed by atoms with E-state index in [1.807, 2.05) is 0 Å². The Kier molecular flexibility index (Phi) is 5.93. The van der Waals surface area contributed by atoms with Crippen molar-refractivity contribution in [2.45, 2.75) is 70.9 Å². The highest BCUT2D eigenvalue weighted by molar-refractivity contribution is 4.96. The molecule has 0 amide bonds. The second-order valence-electron chi connectivity index (χ2n) is 4.53. The molecule has 14 heavy (non-hydrogen) atoms. The van der Waals surface area contributed by atoms with Crippen LogP contribution in [0.25, 0.3) is 0 Å². The Morgan fingerprint density at radius 1 is 1.29 bits per heavy atom. The van der Waals surface area contributed by atoms with Crippen LogP contribution >= 0.6 is 0 Å². The van der Waals surface area contributed by atoms with Crippen LogP contribution in [0.1, 0.15) is 58.8 Å². The number of nitrogens with one attached hydrogen (secondary N) is 1. The molecule has 1 saturated heterocycles. The van der Waals surface area contributed by atoms with Gasteiger partial charge in [-0.15, -0.1) is 0 Å². The molecule has 0 unspecified atom stereocenters. The van der Waals surface area contributed by atoms with E-state index >= 15 is 0 Å². The predicted octanol–water partition coefficient (Wildman–Crippen LogP) is 3.65. The normalized spacial score (nSPS) is 28.4. The van der Waals surface area contributed by atoms with Crippen molar-refractivity contribution < 1.29 is 0 Å². The molecule has 0 bridgehead atoms. The third-order valence-electron chi connectivity index (χ3n) is 2.99. The van der Waals surface area contributed by atoms with Crippen molar-refractivity contribution in [2.24, 2.45) is 0 Å². The lowest BCUT2D eigenvalue weighted by Gasteiger charge is -2.26. The van der Waals surface area contributed by atoms with E-state index in [4.69, 9.17) is 0 Å². The Hall–Kier alpha value is -0.300. The highest BCUT2D eigenvalue weighted by Crippen LogP contribution is 2.13. The van der Waals surface area contributed by atoms with E-state index in [0.29, 0.717) is 12.1 Å². The molecule has 2 atom stereocenters. The first kappa shape index (κ1) is 11.8. The lowest BCUT2D eigenvalue weighted by molar-refractivity contribution is 0.374. The number of allylic oxidation sites excluding steroid dienone is 1. The molecular formula is C13H25N. The lowest BCUT2D eigenvalue weighted by atomic mass is 9.99. The van der Waals surface area contributed by atoms with E-state index in [2.05, 4.69) is 31.3 Å². The van der Waals surface area contributed by atoms with Gasteiger partial charge in [0.25, 0.3) is 0 Å². The summed E-state index contributed by atoms with van der Waals surface area (Å²) in [6, 6.07) is 1.37. The Balaban J connectivity index is 2.09. The van der Waals surface area contributed by atoms with Crippen molar-refractivity contribution in [1.82, 2.24) is 5.32 Å². The van der Waals surface area contributed by atoms with Crippen LogP contribution in [0.15, 0.2) is 12.2 Å². The van der Waals surface area contributed by atoms with Crippen LogP contribution in [0.4, 0.5) is 0 Å². The van der Waals surface area contributed by atoms with Crippen molar-refractivity contribution >= 4 is 0 Å². The summed E-state index contributed by atoms with van der Waals surface area (Å²) in [6.07, 6.45) is 14.1. The van der Waals surface area contributed by atoms with Crippen molar-refractivity contribution in [3.8, 4) is 0 Å². The van der Waals surface area contributed by atoms with Gasteiger partial charge in [0, 0.05) is 12.1 Å². The van der Waals surface area contributed by atoms with Gasteiger partial charge in [0.15, 0.2) is 0 Å². The van der Waals surface area contributed by atoms with E-state index in [-0.39, 0.29) is 0 Å². The lowest BCUT2D eigenvalue weighted by Crippen LogP contribution is -2.39. The maximum atomic E-state index is 3.62. The Morgan fingerprint density at radius 2 is 2.14 bits per heavy atom. The number of unbranched alkanes of at least 4 members (excludes halogenated alkanes) is 3. The molecule has 82 valence electrons. The van der Waals surface area contributed by atoms with Crippen molar-refractivity contribution in [1.29, 1.82) is 0 Å². The van der Waals surface area contributed by atoms with Crippen LogP contribution in [0.2, 0.25) is 0 Å². The first-order valence-electron chi connectivity index (χ1n) is 6.25. The third-order valence-corrected chi connectivity index (χ3v) is 2.99. The quantitative estimate of drug-likeness (QED) is 0.521. The fraction of sp³-hybridized carbons (Fsp3) is 0.846. The minimum atomic E-state index is 0.653. The summed E-state index contributed by atoms with van der Waals surface area (Å²) in [7, 11) is 0. The van der Waals surface area contributed by atoms with Crippen LogP contribution in [-0.2, 0) is 0 Å². The Bertz CT molecular complexity index is 163. The summed E-state index contributed by atoms with van der Waals surface area (Å²) >= 11 is 0. The SMILES string of the molecule is CCCCCC=C[C@H]1CCC[C@H](C)N1. The van der Waals surface area contributed by atoms with Gasteiger partial charge >= 0.3 is 0 Å². The minimum absolute atomic E-state index is 0.653. The van der Waals surface area contributed by atoms with Gasteiger partial charge in [-0.3, -0.25) is 0 Å². The number of hydrogen-bond acceptors (Lipinski definition) is 1. The maximum absolute atomic E-state index is 3.62. The maximum Gasteiger partial charge on any atom is 0.0252 e. The Labute approximate surface area is 89.0 Å². The Morgan fingerprint density at radius 3 is 2.86 bits per heavy atom. The number of rotatable bonds is 5. The minimum Gasteiger partial charge on any atom is -0.308 e. The zero-order chi connectivity index (χ0) is 10.2. The summed E-state index contributed by atoms with van der Waals surface area (Å²) < 4.78 is 0. The average Bonchev–Trinajstić information content (AvgIpc) is 2.18. The molecular weight excluding hydrogens is 170 g/mol. The van der Waals surface area contributed by atoms with Crippen molar-refractivity contribution in [3.63, 3.8) is 0 Å². The van der Waals surface area contributed by atoms with Crippen LogP contribution in [0.3, 0.4) is 0 Å². The van der Waals surface area contributed by atoms with E-state index in [1.165, 1.54) is 44.9 Å². The van der Waals surface area contributed by atoms with Gasteiger partial charge in [-0.05, 0) is 32.6 Å². The molecule has 1 heteroatoms. The van der Waals surface area contributed by atoms with Gasteiger partial charge in [-0.25, -0.2) is 0 Å².